The standard InChI is InChI=1S/C8H15N3O2S/c1-4-11-7(2)8(5-9-11)6-10-14(3,12)13/h5,10H,4,6H2,1-3H3. The zero-order chi connectivity index (χ0) is 10.8. The van der Waals surface area contributed by atoms with E-state index in [-0.39, 0.29) is 0 Å². The Hall–Kier alpha value is -0.880. The van der Waals surface area contributed by atoms with Gasteiger partial charge in [-0.25, -0.2) is 13.1 Å². The van der Waals surface area contributed by atoms with Gasteiger partial charge in [-0.15, -0.1) is 0 Å². The van der Waals surface area contributed by atoms with E-state index in [1.165, 1.54) is 0 Å². The number of hydrogen-bond acceptors (Lipinski definition) is 3. The summed E-state index contributed by atoms with van der Waals surface area (Å²) in [5.74, 6) is 0. The van der Waals surface area contributed by atoms with E-state index in [0.717, 1.165) is 24.1 Å². The summed E-state index contributed by atoms with van der Waals surface area (Å²) in [6.45, 7) is 5.03. The van der Waals surface area contributed by atoms with Gasteiger partial charge < -0.3 is 0 Å². The van der Waals surface area contributed by atoms with Crippen molar-refractivity contribution in [2.75, 3.05) is 6.26 Å². The van der Waals surface area contributed by atoms with Crippen molar-refractivity contribution in [3.05, 3.63) is 17.5 Å². The zero-order valence-corrected chi connectivity index (χ0v) is 9.43. The number of nitrogens with zero attached hydrogens (tertiary/aromatic N) is 2. The van der Waals surface area contributed by atoms with Gasteiger partial charge in [-0.1, -0.05) is 0 Å². The quantitative estimate of drug-likeness (QED) is 0.787. The largest absolute Gasteiger partial charge is 0.270 e. The fourth-order valence-corrected chi connectivity index (χ4v) is 1.60. The van der Waals surface area contributed by atoms with Crippen LogP contribution in [0.25, 0.3) is 0 Å². The van der Waals surface area contributed by atoms with Crippen LogP contribution in [0.2, 0.25) is 0 Å². The molecule has 5 nitrogen and oxygen atoms in total. The summed E-state index contributed by atoms with van der Waals surface area (Å²) in [7, 11) is -3.12. The molecule has 0 atom stereocenters. The maximum absolute atomic E-state index is 10.9. The monoisotopic (exact) mass is 217 g/mol. The molecule has 0 fully saturated rings. The highest BCUT2D eigenvalue weighted by Gasteiger charge is 2.07. The lowest BCUT2D eigenvalue weighted by atomic mass is 10.3. The first-order valence-corrected chi connectivity index (χ1v) is 6.29. The number of hydrogen-bond donors (Lipinski definition) is 1. The van der Waals surface area contributed by atoms with E-state index in [0.29, 0.717) is 6.54 Å². The Morgan fingerprint density at radius 1 is 1.57 bits per heavy atom. The normalized spacial score (nSPS) is 11.9. The van der Waals surface area contributed by atoms with Crippen LogP contribution in [-0.2, 0) is 23.1 Å². The van der Waals surface area contributed by atoms with Crippen LogP contribution >= 0.6 is 0 Å². The number of sulfonamides is 1. The van der Waals surface area contributed by atoms with E-state index in [4.69, 9.17) is 0 Å². The smallest absolute Gasteiger partial charge is 0.209 e. The van der Waals surface area contributed by atoms with Crippen molar-refractivity contribution in [1.29, 1.82) is 0 Å². The van der Waals surface area contributed by atoms with E-state index in [1.54, 1.807) is 6.20 Å². The fraction of sp³-hybridized carbons (Fsp3) is 0.625. The summed E-state index contributed by atoms with van der Waals surface area (Å²) in [5, 5.41) is 4.12. The van der Waals surface area contributed by atoms with Crippen LogP contribution in [0.3, 0.4) is 0 Å². The molecule has 14 heavy (non-hydrogen) atoms. The molecule has 0 bridgehead atoms. The molecule has 0 amide bonds. The van der Waals surface area contributed by atoms with Crippen LogP contribution in [-0.4, -0.2) is 24.5 Å². The first kappa shape index (κ1) is 11.2. The molecule has 6 heteroatoms. The first-order valence-electron chi connectivity index (χ1n) is 4.40. The molecule has 0 aromatic carbocycles. The third kappa shape index (κ3) is 2.81. The lowest BCUT2D eigenvalue weighted by molar-refractivity contribution is 0.587. The molecule has 1 aromatic rings. The summed E-state index contributed by atoms with van der Waals surface area (Å²) in [6, 6.07) is 0. The summed E-state index contributed by atoms with van der Waals surface area (Å²) < 4.78 is 26.0. The van der Waals surface area contributed by atoms with Crippen LogP contribution in [0, 0.1) is 6.92 Å². The van der Waals surface area contributed by atoms with Crippen LogP contribution in [0.4, 0.5) is 0 Å². The average molecular weight is 217 g/mol. The highest BCUT2D eigenvalue weighted by Crippen LogP contribution is 2.06. The lowest BCUT2D eigenvalue weighted by Gasteiger charge is -2.02. The fourth-order valence-electron chi connectivity index (χ4n) is 1.19. The van der Waals surface area contributed by atoms with Gasteiger partial charge in [0.25, 0.3) is 0 Å². The zero-order valence-electron chi connectivity index (χ0n) is 8.61. The van der Waals surface area contributed by atoms with Crippen LogP contribution in [0.1, 0.15) is 18.2 Å². The molecule has 0 aliphatic heterocycles. The molecule has 0 unspecified atom stereocenters. The molecule has 1 N–H and O–H groups in total. The second kappa shape index (κ2) is 4.10. The van der Waals surface area contributed by atoms with Crippen molar-refractivity contribution in [2.24, 2.45) is 0 Å². The molecule has 0 aliphatic carbocycles. The maximum atomic E-state index is 10.9. The predicted molar refractivity (Wildman–Crippen MR) is 54.3 cm³/mol. The van der Waals surface area contributed by atoms with Crippen molar-refractivity contribution >= 4 is 10.0 Å². The SMILES string of the molecule is CCn1ncc(CNS(C)(=O)=O)c1C. The second-order valence-electron chi connectivity index (χ2n) is 3.16. The Morgan fingerprint density at radius 3 is 2.64 bits per heavy atom. The van der Waals surface area contributed by atoms with E-state index in [2.05, 4.69) is 9.82 Å². The Morgan fingerprint density at radius 2 is 2.21 bits per heavy atom. The minimum absolute atomic E-state index is 0.310. The summed E-state index contributed by atoms with van der Waals surface area (Å²) in [5.41, 5.74) is 1.92. The molecule has 0 radical (unpaired) electrons. The summed E-state index contributed by atoms with van der Waals surface area (Å²) in [6.07, 6.45) is 2.84. The Balaban J connectivity index is 2.73. The van der Waals surface area contributed by atoms with Crippen molar-refractivity contribution < 1.29 is 8.42 Å². The highest BCUT2D eigenvalue weighted by molar-refractivity contribution is 7.88. The van der Waals surface area contributed by atoms with Gasteiger partial charge in [-0.05, 0) is 13.8 Å². The number of aryl methyl sites for hydroxylation is 1. The number of nitrogens with one attached hydrogen (secondary N) is 1. The lowest BCUT2D eigenvalue weighted by Crippen LogP contribution is -2.21. The van der Waals surface area contributed by atoms with Gasteiger partial charge in [-0.3, -0.25) is 4.68 Å². The van der Waals surface area contributed by atoms with Gasteiger partial charge in [0.05, 0.1) is 12.5 Å². The molecule has 0 aliphatic rings. The van der Waals surface area contributed by atoms with Gasteiger partial charge in [-0.2, -0.15) is 5.10 Å². The van der Waals surface area contributed by atoms with Gasteiger partial charge in [0.2, 0.25) is 10.0 Å². The molecule has 0 spiro atoms. The van der Waals surface area contributed by atoms with Gasteiger partial charge in [0, 0.05) is 24.3 Å². The van der Waals surface area contributed by atoms with Crippen molar-refractivity contribution in [3.8, 4) is 0 Å². The molecular weight excluding hydrogens is 202 g/mol. The molecule has 0 saturated carbocycles. The molecule has 0 saturated heterocycles. The molecule has 1 heterocycles. The summed E-state index contributed by atoms with van der Waals surface area (Å²) in [4.78, 5) is 0. The Labute approximate surface area is 84.2 Å². The Bertz CT molecular complexity index is 408. The van der Waals surface area contributed by atoms with Gasteiger partial charge in [0.15, 0.2) is 0 Å². The van der Waals surface area contributed by atoms with Crippen molar-refractivity contribution in [3.63, 3.8) is 0 Å². The number of aromatic nitrogens is 2. The van der Waals surface area contributed by atoms with Crippen molar-refractivity contribution in [1.82, 2.24) is 14.5 Å². The Kier molecular flexibility index (Phi) is 3.28. The van der Waals surface area contributed by atoms with E-state index < -0.39 is 10.0 Å². The van der Waals surface area contributed by atoms with Crippen LogP contribution in [0.15, 0.2) is 6.20 Å². The first-order chi connectivity index (χ1) is 6.44. The average Bonchev–Trinajstić information content (AvgIpc) is 2.42. The minimum atomic E-state index is -3.12. The molecule has 80 valence electrons. The van der Waals surface area contributed by atoms with E-state index in [9.17, 15) is 8.42 Å². The predicted octanol–water partition coefficient (Wildman–Crippen LogP) is 0.261. The third-order valence-electron chi connectivity index (χ3n) is 2.03. The summed E-state index contributed by atoms with van der Waals surface area (Å²) >= 11 is 0. The van der Waals surface area contributed by atoms with Crippen LogP contribution < -0.4 is 4.72 Å². The number of rotatable bonds is 4. The van der Waals surface area contributed by atoms with Crippen molar-refractivity contribution in [2.45, 2.75) is 26.9 Å². The third-order valence-corrected chi connectivity index (χ3v) is 2.70. The van der Waals surface area contributed by atoms with Gasteiger partial charge >= 0.3 is 0 Å². The topological polar surface area (TPSA) is 64.0 Å². The van der Waals surface area contributed by atoms with E-state index in [1.807, 2.05) is 18.5 Å². The molecule has 1 rings (SSSR count). The molecular formula is C8H15N3O2S. The minimum Gasteiger partial charge on any atom is -0.270 e. The van der Waals surface area contributed by atoms with Crippen LogP contribution in [0.5, 0.6) is 0 Å². The second-order valence-corrected chi connectivity index (χ2v) is 5.00. The van der Waals surface area contributed by atoms with Gasteiger partial charge in [0.1, 0.15) is 0 Å². The highest BCUT2D eigenvalue weighted by atomic mass is 32.2. The van der Waals surface area contributed by atoms with E-state index >= 15 is 0 Å². The molecule has 1 aromatic heterocycles. The maximum Gasteiger partial charge on any atom is 0.209 e.